The van der Waals surface area contributed by atoms with Crippen molar-refractivity contribution >= 4 is 52.8 Å². The maximum absolute atomic E-state index is 13.0. The number of piperazine rings is 1. The number of benzene rings is 1. The quantitative estimate of drug-likeness (QED) is 0.457. The number of nitrogens with one attached hydrogen (secondary N) is 3. The van der Waals surface area contributed by atoms with E-state index in [0.29, 0.717) is 12.2 Å². The first-order chi connectivity index (χ1) is 16.1. The van der Waals surface area contributed by atoms with Gasteiger partial charge < -0.3 is 20.9 Å². The average molecular weight is 502 g/mol. The van der Waals surface area contributed by atoms with Crippen molar-refractivity contribution in [3.05, 3.63) is 53.7 Å². The van der Waals surface area contributed by atoms with Crippen molar-refractivity contribution in [1.29, 1.82) is 0 Å². The number of nitrogens with zero attached hydrogens (tertiary/aromatic N) is 4. The first-order valence-corrected chi connectivity index (χ1v) is 11.6. The first kappa shape index (κ1) is 25.4. The number of likely N-dealkylation sites (N-methyl/N-ethyl adjacent to an activating group) is 1. The lowest BCUT2D eigenvalue weighted by Gasteiger charge is -2.36. The minimum absolute atomic E-state index is 0. The summed E-state index contributed by atoms with van der Waals surface area (Å²) in [6.45, 7) is 3.53. The monoisotopic (exact) mass is 501 g/mol. The summed E-state index contributed by atoms with van der Waals surface area (Å²) >= 11 is 1.42. The molecule has 3 N–H and O–H groups in total. The molecule has 1 aliphatic heterocycles. The number of carbonyl (C=O) groups is 2. The van der Waals surface area contributed by atoms with Gasteiger partial charge in [-0.3, -0.25) is 14.5 Å². The Morgan fingerprint density at radius 2 is 1.85 bits per heavy atom. The topological polar surface area (TPSA) is 102 Å². The Morgan fingerprint density at radius 1 is 1.09 bits per heavy atom. The zero-order valence-electron chi connectivity index (χ0n) is 19.1. The van der Waals surface area contributed by atoms with E-state index in [-0.39, 0.29) is 24.2 Å². The number of thiazole rings is 1. The molecule has 0 bridgehead atoms. The Hall–Kier alpha value is -3.21. The van der Waals surface area contributed by atoms with Gasteiger partial charge in [0.15, 0.2) is 0 Å². The molecule has 0 radical (unpaired) electrons. The predicted octanol–water partition coefficient (Wildman–Crippen LogP) is 2.79. The van der Waals surface area contributed by atoms with Gasteiger partial charge in [-0.15, -0.1) is 23.7 Å². The van der Waals surface area contributed by atoms with Gasteiger partial charge in [0.25, 0.3) is 5.91 Å². The molecule has 11 heteroatoms. The van der Waals surface area contributed by atoms with Crippen molar-refractivity contribution in [2.45, 2.75) is 0 Å². The van der Waals surface area contributed by atoms with Gasteiger partial charge in [0.1, 0.15) is 16.5 Å². The van der Waals surface area contributed by atoms with Crippen molar-refractivity contribution in [3.63, 3.8) is 0 Å². The molecule has 0 spiro atoms. The highest BCUT2D eigenvalue weighted by Crippen LogP contribution is 2.29. The standard InChI is InChI=1S/C23H27N7O2S.ClH/c1-24-20-13-16(7-8-26-20)23-28-18(15-33-23)22(32)27-17-5-3-4-6-19(17)30-11-9-29(10-12-30)14-21(31)25-2;/h3-8,13,15H,9-12,14H2,1-2H3,(H,24,26)(H,25,31)(H,27,32);1H. The highest BCUT2D eigenvalue weighted by molar-refractivity contribution is 7.13. The molecule has 2 aromatic heterocycles. The van der Waals surface area contributed by atoms with E-state index in [4.69, 9.17) is 0 Å². The van der Waals surface area contributed by atoms with Crippen LogP contribution >= 0.6 is 23.7 Å². The smallest absolute Gasteiger partial charge is 0.275 e. The molecule has 1 aliphatic rings. The number of halogens is 1. The molecular weight excluding hydrogens is 474 g/mol. The van der Waals surface area contributed by atoms with E-state index in [1.807, 2.05) is 43.4 Å². The lowest BCUT2D eigenvalue weighted by molar-refractivity contribution is -0.121. The third-order valence-corrected chi connectivity index (χ3v) is 6.40. The van der Waals surface area contributed by atoms with Gasteiger partial charge in [0.05, 0.1) is 17.9 Å². The summed E-state index contributed by atoms with van der Waals surface area (Å²) in [5.74, 6) is 0.525. The number of pyridine rings is 1. The molecule has 0 saturated carbocycles. The van der Waals surface area contributed by atoms with Crippen LogP contribution in [0.25, 0.3) is 10.6 Å². The van der Waals surface area contributed by atoms with E-state index in [1.165, 1.54) is 11.3 Å². The van der Waals surface area contributed by atoms with Gasteiger partial charge in [-0.2, -0.15) is 0 Å². The van der Waals surface area contributed by atoms with Crippen LogP contribution in [0.5, 0.6) is 0 Å². The summed E-state index contributed by atoms with van der Waals surface area (Å²) in [5, 5.41) is 11.2. The molecule has 1 aromatic carbocycles. The van der Waals surface area contributed by atoms with Crippen LogP contribution in [0.2, 0.25) is 0 Å². The second-order valence-electron chi connectivity index (χ2n) is 7.63. The number of aromatic nitrogens is 2. The van der Waals surface area contributed by atoms with Crippen LogP contribution in [0.1, 0.15) is 10.5 Å². The van der Waals surface area contributed by atoms with Crippen LogP contribution in [0, 0.1) is 0 Å². The summed E-state index contributed by atoms with van der Waals surface area (Å²) in [6.07, 6.45) is 1.72. The second-order valence-corrected chi connectivity index (χ2v) is 8.48. The number of hydrogen-bond donors (Lipinski definition) is 3. The SMILES string of the molecule is CNC(=O)CN1CCN(c2ccccc2NC(=O)c2csc(-c3ccnc(NC)c3)n2)CC1.Cl. The van der Waals surface area contributed by atoms with Crippen LogP contribution in [0.15, 0.2) is 48.0 Å². The minimum Gasteiger partial charge on any atom is -0.373 e. The van der Waals surface area contributed by atoms with Crippen molar-refractivity contribution in [1.82, 2.24) is 20.2 Å². The van der Waals surface area contributed by atoms with Crippen molar-refractivity contribution < 1.29 is 9.59 Å². The van der Waals surface area contributed by atoms with E-state index in [1.54, 1.807) is 18.6 Å². The van der Waals surface area contributed by atoms with Crippen molar-refractivity contribution in [2.75, 3.05) is 62.4 Å². The van der Waals surface area contributed by atoms with Gasteiger partial charge >= 0.3 is 0 Å². The molecule has 4 rings (SSSR count). The first-order valence-electron chi connectivity index (χ1n) is 10.8. The molecule has 3 aromatic rings. The number of anilines is 3. The Balaban J connectivity index is 0.00000324. The van der Waals surface area contributed by atoms with E-state index < -0.39 is 0 Å². The fourth-order valence-electron chi connectivity index (χ4n) is 3.68. The van der Waals surface area contributed by atoms with Crippen LogP contribution in [-0.4, -0.2) is 73.5 Å². The van der Waals surface area contributed by atoms with Crippen LogP contribution < -0.4 is 20.9 Å². The number of hydrogen-bond acceptors (Lipinski definition) is 8. The van der Waals surface area contributed by atoms with Gasteiger partial charge in [-0.05, 0) is 24.3 Å². The molecular formula is C23H28ClN7O2S. The molecule has 9 nitrogen and oxygen atoms in total. The zero-order chi connectivity index (χ0) is 23.2. The molecule has 0 aliphatic carbocycles. The van der Waals surface area contributed by atoms with Crippen molar-refractivity contribution in [2.24, 2.45) is 0 Å². The van der Waals surface area contributed by atoms with Gasteiger partial charge in [0, 0.05) is 57.4 Å². The Bertz CT molecular complexity index is 1130. The van der Waals surface area contributed by atoms with E-state index in [0.717, 1.165) is 53.9 Å². The van der Waals surface area contributed by atoms with Gasteiger partial charge in [-0.25, -0.2) is 9.97 Å². The highest BCUT2D eigenvalue weighted by atomic mass is 35.5. The summed E-state index contributed by atoms with van der Waals surface area (Å²) in [6, 6.07) is 11.6. The lowest BCUT2D eigenvalue weighted by atomic mass is 10.2. The predicted molar refractivity (Wildman–Crippen MR) is 139 cm³/mol. The van der Waals surface area contributed by atoms with E-state index in [2.05, 4.69) is 35.7 Å². The summed E-state index contributed by atoms with van der Waals surface area (Å²) in [5.41, 5.74) is 3.00. The van der Waals surface area contributed by atoms with E-state index in [9.17, 15) is 9.59 Å². The molecule has 1 saturated heterocycles. The van der Waals surface area contributed by atoms with Gasteiger partial charge in [-0.1, -0.05) is 12.1 Å². The molecule has 0 atom stereocenters. The second kappa shape index (κ2) is 11.8. The molecule has 2 amide bonds. The van der Waals surface area contributed by atoms with Crippen molar-refractivity contribution in [3.8, 4) is 10.6 Å². The summed E-state index contributed by atoms with van der Waals surface area (Å²) in [4.78, 5) is 37.7. The highest BCUT2D eigenvalue weighted by Gasteiger charge is 2.21. The minimum atomic E-state index is -0.244. The molecule has 0 unspecified atom stereocenters. The molecule has 34 heavy (non-hydrogen) atoms. The molecule has 180 valence electrons. The largest absolute Gasteiger partial charge is 0.373 e. The maximum Gasteiger partial charge on any atom is 0.275 e. The number of rotatable bonds is 7. The fraction of sp³-hybridized carbons (Fsp3) is 0.304. The zero-order valence-corrected chi connectivity index (χ0v) is 20.7. The number of amides is 2. The maximum atomic E-state index is 13.0. The molecule has 3 heterocycles. The Labute approximate surface area is 209 Å². The Kier molecular flexibility index (Phi) is 8.80. The van der Waals surface area contributed by atoms with Crippen LogP contribution in [0.4, 0.5) is 17.2 Å². The number of carbonyl (C=O) groups excluding carboxylic acids is 2. The Morgan fingerprint density at radius 3 is 2.59 bits per heavy atom. The van der Waals surface area contributed by atoms with Crippen LogP contribution in [0.3, 0.4) is 0 Å². The van der Waals surface area contributed by atoms with Crippen LogP contribution in [-0.2, 0) is 4.79 Å². The summed E-state index contributed by atoms with van der Waals surface area (Å²) in [7, 11) is 3.46. The van der Waals surface area contributed by atoms with E-state index >= 15 is 0 Å². The normalized spacial score (nSPS) is 13.6. The third kappa shape index (κ3) is 6.02. The lowest BCUT2D eigenvalue weighted by Crippen LogP contribution is -2.49. The summed E-state index contributed by atoms with van der Waals surface area (Å²) < 4.78 is 0. The molecule has 1 fully saturated rings. The van der Waals surface area contributed by atoms with Gasteiger partial charge in [0.2, 0.25) is 5.91 Å². The third-order valence-electron chi connectivity index (χ3n) is 5.51. The fourth-order valence-corrected chi connectivity index (χ4v) is 4.48. The number of para-hydroxylation sites is 2. The average Bonchev–Trinajstić information content (AvgIpc) is 3.36.